The first-order chi connectivity index (χ1) is 12.8. The third-order valence-corrected chi connectivity index (χ3v) is 7.41. The molecule has 2 saturated heterocycles. The average molecular weight is 392 g/mol. The molecule has 3 heterocycles. The number of hydrogen-bond donors (Lipinski definition) is 1. The molecule has 0 spiro atoms. The van der Waals surface area contributed by atoms with Gasteiger partial charge in [0.25, 0.3) is 5.91 Å². The SMILES string of the molecule is NC(=O)C1(C(=O)N2CCN(C(=O)c3ccccn3)[C@@H]3CS(=O)(=O)C[C@@H]32)CC1. The lowest BCUT2D eigenvalue weighted by atomic mass is 9.98. The number of rotatable bonds is 3. The van der Waals surface area contributed by atoms with Crippen LogP contribution in [0.5, 0.6) is 0 Å². The second-order valence-corrected chi connectivity index (χ2v) is 9.52. The number of carbonyl (C=O) groups excluding carboxylic acids is 3. The summed E-state index contributed by atoms with van der Waals surface area (Å²) >= 11 is 0. The van der Waals surface area contributed by atoms with Gasteiger partial charge in [-0.3, -0.25) is 19.4 Å². The van der Waals surface area contributed by atoms with Crippen LogP contribution in [-0.4, -0.2) is 77.6 Å². The van der Waals surface area contributed by atoms with E-state index in [4.69, 9.17) is 5.73 Å². The zero-order chi connectivity index (χ0) is 19.4. The van der Waals surface area contributed by atoms with Crippen LogP contribution in [-0.2, 0) is 19.4 Å². The first-order valence-electron chi connectivity index (χ1n) is 8.79. The van der Waals surface area contributed by atoms with E-state index in [0.29, 0.717) is 12.8 Å². The van der Waals surface area contributed by atoms with E-state index in [1.165, 1.54) is 16.0 Å². The van der Waals surface area contributed by atoms with Crippen LogP contribution in [0, 0.1) is 5.41 Å². The van der Waals surface area contributed by atoms with Crippen LogP contribution >= 0.6 is 0 Å². The predicted octanol–water partition coefficient (Wildman–Crippen LogP) is -1.20. The molecule has 1 saturated carbocycles. The van der Waals surface area contributed by atoms with Crippen molar-refractivity contribution in [1.29, 1.82) is 0 Å². The van der Waals surface area contributed by atoms with Gasteiger partial charge < -0.3 is 15.5 Å². The number of pyridine rings is 1. The van der Waals surface area contributed by atoms with Gasteiger partial charge in [-0.2, -0.15) is 0 Å². The van der Waals surface area contributed by atoms with E-state index in [2.05, 4.69) is 4.98 Å². The molecular weight excluding hydrogens is 372 g/mol. The number of fused-ring (bicyclic) bond motifs is 1. The van der Waals surface area contributed by atoms with Crippen molar-refractivity contribution in [1.82, 2.24) is 14.8 Å². The molecule has 4 rings (SSSR count). The number of carbonyl (C=O) groups is 3. The topological polar surface area (TPSA) is 131 Å². The van der Waals surface area contributed by atoms with Gasteiger partial charge in [0, 0.05) is 19.3 Å². The van der Waals surface area contributed by atoms with Gasteiger partial charge >= 0.3 is 0 Å². The summed E-state index contributed by atoms with van der Waals surface area (Å²) < 4.78 is 24.6. The molecule has 3 aliphatic rings. The molecule has 10 heteroatoms. The van der Waals surface area contributed by atoms with Gasteiger partial charge in [-0.05, 0) is 25.0 Å². The van der Waals surface area contributed by atoms with Gasteiger partial charge in [-0.15, -0.1) is 0 Å². The molecule has 144 valence electrons. The van der Waals surface area contributed by atoms with Gasteiger partial charge in [-0.1, -0.05) is 6.07 Å². The van der Waals surface area contributed by atoms with Crippen LogP contribution in [0.3, 0.4) is 0 Å². The number of aromatic nitrogens is 1. The molecule has 1 aliphatic carbocycles. The lowest BCUT2D eigenvalue weighted by Gasteiger charge is -2.44. The van der Waals surface area contributed by atoms with Crippen molar-refractivity contribution in [3.8, 4) is 0 Å². The molecule has 0 bridgehead atoms. The largest absolute Gasteiger partial charge is 0.369 e. The fourth-order valence-electron chi connectivity index (χ4n) is 4.06. The Balaban J connectivity index is 1.63. The van der Waals surface area contributed by atoms with Crippen molar-refractivity contribution >= 4 is 27.6 Å². The normalized spacial score (nSPS) is 27.7. The van der Waals surface area contributed by atoms with Crippen molar-refractivity contribution in [2.75, 3.05) is 24.6 Å². The second-order valence-electron chi connectivity index (χ2n) is 7.37. The second kappa shape index (κ2) is 6.01. The van der Waals surface area contributed by atoms with E-state index in [1.54, 1.807) is 18.2 Å². The predicted molar refractivity (Wildman–Crippen MR) is 94.1 cm³/mol. The standard InChI is InChI=1S/C17H20N4O5S/c18-15(23)17(4-5-17)16(24)21-8-7-20(12-9-27(25,26)10-13(12)21)14(22)11-3-1-2-6-19-11/h1-3,6,12-13H,4-5,7-10H2,(H2,18,23)/t12-,13+/m1/s1. The summed E-state index contributed by atoms with van der Waals surface area (Å²) in [5.41, 5.74) is 4.43. The minimum Gasteiger partial charge on any atom is -0.369 e. The summed E-state index contributed by atoms with van der Waals surface area (Å²) in [6, 6.07) is 3.64. The number of sulfone groups is 1. The van der Waals surface area contributed by atoms with Gasteiger partial charge in [0.1, 0.15) is 11.1 Å². The number of hydrogen-bond acceptors (Lipinski definition) is 6. The van der Waals surface area contributed by atoms with Crippen molar-refractivity contribution in [2.45, 2.75) is 24.9 Å². The third kappa shape index (κ3) is 2.88. The summed E-state index contributed by atoms with van der Waals surface area (Å²) in [4.78, 5) is 44.5. The summed E-state index contributed by atoms with van der Waals surface area (Å²) in [5, 5.41) is 0. The Morgan fingerprint density at radius 3 is 2.26 bits per heavy atom. The molecule has 0 radical (unpaired) electrons. The van der Waals surface area contributed by atoms with E-state index >= 15 is 0 Å². The van der Waals surface area contributed by atoms with E-state index in [0.717, 1.165) is 0 Å². The molecule has 1 aromatic heterocycles. The average Bonchev–Trinajstić information content (AvgIpc) is 3.38. The lowest BCUT2D eigenvalue weighted by molar-refractivity contribution is -0.147. The molecule has 3 amide bonds. The Morgan fingerprint density at radius 1 is 1.07 bits per heavy atom. The molecule has 27 heavy (non-hydrogen) atoms. The van der Waals surface area contributed by atoms with E-state index < -0.39 is 39.2 Å². The van der Waals surface area contributed by atoms with Crippen molar-refractivity contribution in [3.63, 3.8) is 0 Å². The Kier molecular flexibility index (Phi) is 3.99. The molecule has 2 N–H and O–H groups in total. The number of primary amides is 1. The molecule has 0 unspecified atom stereocenters. The van der Waals surface area contributed by atoms with Gasteiger partial charge in [0.2, 0.25) is 11.8 Å². The smallest absolute Gasteiger partial charge is 0.272 e. The maximum absolute atomic E-state index is 12.9. The van der Waals surface area contributed by atoms with E-state index in [9.17, 15) is 22.8 Å². The zero-order valence-corrected chi connectivity index (χ0v) is 15.4. The van der Waals surface area contributed by atoms with Crippen LogP contribution in [0.25, 0.3) is 0 Å². The Bertz CT molecular complexity index is 913. The highest BCUT2D eigenvalue weighted by atomic mass is 32.2. The minimum absolute atomic E-state index is 0.170. The van der Waals surface area contributed by atoms with Gasteiger partial charge in [0.05, 0.1) is 23.6 Å². The Labute approximate surface area is 156 Å². The first-order valence-corrected chi connectivity index (χ1v) is 10.6. The summed E-state index contributed by atoms with van der Waals surface area (Å²) in [5.74, 6) is -1.86. The molecule has 1 aromatic rings. The third-order valence-electron chi connectivity index (χ3n) is 5.71. The van der Waals surface area contributed by atoms with Crippen LogP contribution in [0.1, 0.15) is 23.3 Å². The summed E-state index contributed by atoms with van der Waals surface area (Å²) in [7, 11) is -3.41. The first kappa shape index (κ1) is 17.9. The van der Waals surface area contributed by atoms with Crippen LogP contribution in [0.2, 0.25) is 0 Å². The van der Waals surface area contributed by atoms with E-state index in [-0.39, 0.29) is 36.2 Å². The van der Waals surface area contributed by atoms with Crippen molar-refractivity contribution < 1.29 is 22.8 Å². The number of nitrogens with zero attached hydrogens (tertiary/aromatic N) is 3. The zero-order valence-electron chi connectivity index (χ0n) is 14.6. The maximum atomic E-state index is 12.9. The monoisotopic (exact) mass is 392 g/mol. The van der Waals surface area contributed by atoms with Crippen LogP contribution in [0.4, 0.5) is 0 Å². The van der Waals surface area contributed by atoms with Crippen LogP contribution < -0.4 is 5.73 Å². The number of piperazine rings is 1. The number of nitrogens with two attached hydrogens (primary N) is 1. The van der Waals surface area contributed by atoms with Crippen molar-refractivity contribution in [3.05, 3.63) is 30.1 Å². The highest BCUT2D eigenvalue weighted by Gasteiger charge is 2.60. The fraction of sp³-hybridized carbons (Fsp3) is 0.529. The molecule has 2 atom stereocenters. The number of amides is 3. The maximum Gasteiger partial charge on any atom is 0.272 e. The molecule has 9 nitrogen and oxygen atoms in total. The Morgan fingerprint density at radius 2 is 1.70 bits per heavy atom. The summed E-state index contributed by atoms with van der Waals surface area (Å²) in [6.07, 6.45) is 2.27. The fourth-order valence-corrected chi connectivity index (χ4v) is 6.04. The molecule has 2 aliphatic heterocycles. The van der Waals surface area contributed by atoms with Crippen LogP contribution in [0.15, 0.2) is 24.4 Å². The lowest BCUT2D eigenvalue weighted by Crippen LogP contribution is -2.63. The van der Waals surface area contributed by atoms with Gasteiger partial charge in [0.15, 0.2) is 9.84 Å². The summed E-state index contributed by atoms with van der Waals surface area (Å²) in [6.45, 7) is 0.357. The quantitative estimate of drug-likeness (QED) is 0.643. The highest BCUT2D eigenvalue weighted by molar-refractivity contribution is 7.91. The molecular formula is C17H20N4O5S. The van der Waals surface area contributed by atoms with Gasteiger partial charge in [-0.25, -0.2) is 8.42 Å². The van der Waals surface area contributed by atoms with E-state index in [1.807, 2.05) is 0 Å². The molecule has 3 fully saturated rings. The highest BCUT2D eigenvalue weighted by Crippen LogP contribution is 2.48. The minimum atomic E-state index is -3.41. The van der Waals surface area contributed by atoms with Crippen molar-refractivity contribution in [2.24, 2.45) is 11.1 Å². The molecule has 0 aromatic carbocycles. The Hall–Kier alpha value is -2.49.